The molecular weight excluding hydrogens is 282 g/mol. The molecule has 1 saturated carbocycles. The maximum Gasteiger partial charge on any atom is 0.231 e. The van der Waals surface area contributed by atoms with Crippen LogP contribution in [0, 0.1) is 0 Å². The van der Waals surface area contributed by atoms with E-state index in [1.807, 2.05) is 10.9 Å². The van der Waals surface area contributed by atoms with Gasteiger partial charge in [0.25, 0.3) is 0 Å². The zero-order valence-corrected chi connectivity index (χ0v) is 11.9. The van der Waals surface area contributed by atoms with Gasteiger partial charge in [0.05, 0.1) is 17.8 Å². The van der Waals surface area contributed by atoms with Crippen molar-refractivity contribution in [3.8, 4) is 11.5 Å². The Morgan fingerprint density at radius 2 is 2.23 bits per heavy atom. The van der Waals surface area contributed by atoms with Crippen molar-refractivity contribution in [2.24, 2.45) is 0 Å². The predicted molar refractivity (Wildman–Crippen MR) is 78.8 cm³/mol. The third kappa shape index (κ3) is 2.26. The summed E-state index contributed by atoms with van der Waals surface area (Å²) in [4.78, 5) is 12.3. The van der Waals surface area contributed by atoms with Crippen LogP contribution in [0.3, 0.4) is 0 Å². The molecule has 1 aromatic carbocycles. The molecule has 1 aliphatic carbocycles. The average Bonchev–Trinajstić information content (AvgIpc) is 3.11. The highest BCUT2D eigenvalue weighted by Crippen LogP contribution is 2.35. The van der Waals surface area contributed by atoms with Crippen LogP contribution in [0.5, 0.6) is 11.5 Å². The van der Waals surface area contributed by atoms with Gasteiger partial charge in [-0.05, 0) is 43.5 Å². The molecule has 2 aromatic rings. The molecule has 4 rings (SSSR count). The standard InChI is InChI=1S/C16H15N3O3/c20-14(13-5-2-6-15-16(13)22-10-21-15)8-7-11-9-19(18-17-11)12-3-1-4-12/h2,5-9,12H,1,3-4,10H2. The van der Waals surface area contributed by atoms with E-state index >= 15 is 0 Å². The summed E-state index contributed by atoms with van der Waals surface area (Å²) in [5.74, 6) is 0.978. The van der Waals surface area contributed by atoms with Crippen LogP contribution >= 0.6 is 0 Å². The molecule has 1 aromatic heterocycles. The van der Waals surface area contributed by atoms with Crippen molar-refractivity contribution < 1.29 is 14.3 Å². The smallest absolute Gasteiger partial charge is 0.231 e. The second kappa shape index (κ2) is 5.29. The summed E-state index contributed by atoms with van der Waals surface area (Å²) in [5.41, 5.74) is 1.18. The van der Waals surface area contributed by atoms with Crippen molar-refractivity contribution in [3.63, 3.8) is 0 Å². The predicted octanol–water partition coefficient (Wildman–Crippen LogP) is 2.63. The topological polar surface area (TPSA) is 66.2 Å². The number of nitrogens with zero attached hydrogens (tertiary/aromatic N) is 3. The molecule has 0 atom stereocenters. The van der Waals surface area contributed by atoms with Crippen LogP contribution < -0.4 is 9.47 Å². The van der Waals surface area contributed by atoms with Gasteiger partial charge in [-0.3, -0.25) is 4.79 Å². The van der Waals surface area contributed by atoms with E-state index in [0.29, 0.717) is 28.8 Å². The Morgan fingerprint density at radius 1 is 1.32 bits per heavy atom. The van der Waals surface area contributed by atoms with E-state index in [1.54, 1.807) is 24.3 Å². The molecule has 0 spiro atoms. The second-order valence-electron chi connectivity index (χ2n) is 5.45. The number of carbonyl (C=O) groups excluding carboxylic acids is 1. The van der Waals surface area contributed by atoms with Crippen molar-refractivity contribution >= 4 is 11.9 Å². The van der Waals surface area contributed by atoms with Crippen molar-refractivity contribution in [2.45, 2.75) is 25.3 Å². The summed E-state index contributed by atoms with van der Waals surface area (Å²) < 4.78 is 12.5. The number of para-hydroxylation sites is 1. The molecule has 0 N–H and O–H groups in total. The molecule has 0 saturated heterocycles. The van der Waals surface area contributed by atoms with Crippen LogP contribution in [0.4, 0.5) is 0 Å². The molecule has 0 unspecified atom stereocenters. The van der Waals surface area contributed by atoms with Gasteiger partial charge in [0.15, 0.2) is 17.3 Å². The maximum atomic E-state index is 12.3. The Labute approximate surface area is 127 Å². The van der Waals surface area contributed by atoms with E-state index in [4.69, 9.17) is 9.47 Å². The first-order chi connectivity index (χ1) is 10.8. The number of fused-ring (bicyclic) bond motifs is 1. The van der Waals surface area contributed by atoms with Gasteiger partial charge in [-0.2, -0.15) is 0 Å². The Hall–Kier alpha value is -2.63. The fourth-order valence-electron chi connectivity index (χ4n) is 2.57. The fraction of sp³-hybridized carbons (Fsp3) is 0.312. The van der Waals surface area contributed by atoms with Crippen molar-refractivity contribution in [3.05, 3.63) is 41.7 Å². The molecule has 2 heterocycles. The first kappa shape index (κ1) is 13.1. The van der Waals surface area contributed by atoms with E-state index in [1.165, 1.54) is 12.5 Å². The maximum absolute atomic E-state index is 12.3. The lowest BCUT2D eigenvalue weighted by Crippen LogP contribution is -2.17. The first-order valence-corrected chi connectivity index (χ1v) is 7.34. The number of hydrogen-bond acceptors (Lipinski definition) is 5. The molecule has 22 heavy (non-hydrogen) atoms. The lowest BCUT2D eigenvalue weighted by atomic mass is 9.93. The Bertz CT molecular complexity index is 747. The summed E-state index contributed by atoms with van der Waals surface area (Å²) in [5, 5.41) is 8.18. The molecule has 6 heteroatoms. The van der Waals surface area contributed by atoms with E-state index in [9.17, 15) is 4.79 Å². The number of benzene rings is 1. The number of aromatic nitrogens is 3. The highest BCUT2D eigenvalue weighted by molar-refractivity contribution is 6.09. The van der Waals surface area contributed by atoms with Gasteiger partial charge in [0.2, 0.25) is 6.79 Å². The van der Waals surface area contributed by atoms with Crippen molar-refractivity contribution in [1.29, 1.82) is 0 Å². The number of carbonyl (C=O) groups is 1. The summed E-state index contributed by atoms with van der Waals surface area (Å²) in [6.45, 7) is 0.152. The Balaban J connectivity index is 1.52. The van der Waals surface area contributed by atoms with Gasteiger partial charge < -0.3 is 9.47 Å². The van der Waals surface area contributed by atoms with Crippen LogP contribution in [0.25, 0.3) is 6.08 Å². The highest BCUT2D eigenvalue weighted by Gasteiger charge is 2.21. The minimum absolute atomic E-state index is 0.138. The first-order valence-electron chi connectivity index (χ1n) is 7.34. The van der Waals surface area contributed by atoms with Crippen LogP contribution in [0.2, 0.25) is 0 Å². The van der Waals surface area contributed by atoms with Crippen LogP contribution in [0.1, 0.15) is 41.4 Å². The molecule has 0 amide bonds. The molecule has 6 nitrogen and oxygen atoms in total. The molecule has 1 aliphatic heterocycles. The van der Waals surface area contributed by atoms with E-state index < -0.39 is 0 Å². The van der Waals surface area contributed by atoms with Gasteiger partial charge in [0, 0.05) is 0 Å². The van der Waals surface area contributed by atoms with Crippen molar-refractivity contribution in [1.82, 2.24) is 15.0 Å². The quantitative estimate of drug-likeness (QED) is 0.641. The lowest BCUT2D eigenvalue weighted by Gasteiger charge is -2.24. The normalized spacial score (nSPS) is 16.9. The number of allylic oxidation sites excluding steroid dienone is 1. The number of ketones is 1. The Morgan fingerprint density at radius 3 is 3.05 bits per heavy atom. The molecule has 0 radical (unpaired) electrons. The number of hydrogen-bond donors (Lipinski definition) is 0. The molecular formula is C16H15N3O3. The zero-order valence-electron chi connectivity index (χ0n) is 11.9. The van der Waals surface area contributed by atoms with E-state index in [0.717, 1.165) is 12.8 Å². The monoisotopic (exact) mass is 297 g/mol. The van der Waals surface area contributed by atoms with Gasteiger partial charge >= 0.3 is 0 Å². The van der Waals surface area contributed by atoms with Crippen LogP contribution in [-0.4, -0.2) is 27.6 Å². The molecule has 112 valence electrons. The number of rotatable bonds is 4. The Kier molecular flexibility index (Phi) is 3.14. The summed E-state index contributed by atoms with van der Waals surface area (Å²) in [6.07, 6.45) is 8.60. The largest absolute Gasteiger partial charge is 0.454 e. The third-order valence-electron chi connectivity index (χ3n) is 4.04. The minimum atomic E-state index is -0.138. The van der Waals surface area contributed by atoms with Gasteiger partial charge in [-0.1, -0.05) is 11.3 Å². The lowest BCUT2D eigenvalue weighted by molar-refractivity contribution is 0.104. The van der Waals surface area contributed by atoms with Gasteiger partial charge in [-0.25, -0.2) is 4.68 Å². The van der Waals surface area contributed by atoms with Crippen molar-refractivity contribution in [2.75, 3.05) is 6.79 Å². The molecule has 0 bridgehead atoms. The van der Waals surface area contributed by atoms with Gasteiger partial charge in [0.1, 0.15) is 5.69 Å². The third-order valence-corrected chi connectivity index (χ3v) is 4.04. The van der Waals surface area contributed by atoms with E-state index in [2.05, 4.69) is 10.3 Å². The highest BCUT2D eigenvalue weighted by atomic mass is 16.7. The van der Waals surface area contributed by atoms with Crippen LogP contribution in [0.15, 0.2) is 30.5 Å². The zero-order chi connectivity index (χ0) is 14.9. The number of ether oxygens (including phenoxy) is 2. The minimum Gasteiger partial charge on any atom is -0.454 e. The summed E-state index contributed by atoms with van der Waals surface area (Å²) >= 11 is 0. The summed E-state index contributed by atoms with van der Waals surface area (Å²) in [6, 6.07) is 5.76. The summed E-state index contributed by atoms with van der Waals surface area (Å²) in [7, 11) is 0. The second-order valence-corrected chi connectivity index (χ2v) is 5.45. The molecule has 1 fully saturated rings. The fourth-order valence-corrected chi connectivity index (χ4v) is 2.57. The van der Waals surface area contributed by atoms with E-state index in [-0.39, 0.29) is 12.6 Å². The average molecular weight is 297 g/mol. The SMILES string of the molecule is O=C(C=Cc1cn(C2CCC2)nn1)c1cccc2c1OCO2. The molecule has 2 aliphatic rings. The van der Waals surface area contributed by atoms with Gasteiger partial charge in [-0.15, -0.1) is 5.10 Å². The van der Waals surface area contributed by atoms with Crippen LogP contribution in [-0.2, 0) is 0 Å².